The van der Waals surface area contributed by atoms with Crippen LogP contribution in [0.3, 0.4) is 0 Å². The first-order valence-corrected chi connectivity index (χ1v) is 8.07. The Morgan fingerprint density at radius 2 is 1.96 bits per heavy atom. The number of pyridine rings is 1. The summed E-state index contributed by atoms with van der Waals surface area (Å²) in [5.74, 6) is -0.0737. The average molecular weight is 322 g/mol. The van der Waals surface area contributed by atoms with Crippen molar-refractivity contribution >= 4 is 22.6 Å². The number of benzene rings is 1. The lowest BCUT2D eigenvalue weighted by Gasteiger charge is -2.20. The van der Waals surface area contributed by atoms with Crippen molar-refractivity contribution in [2.24, 2.45) is 0 Å². The Balaban J connectivity index is 1.97. The molecule has 0 radical (unpaired) electrons. The zero-order valence-electron chi connectivity index (χ0n) is 14.7. The molecular formula is C19H22N4O. The summed E-state index contributed by atoms with van der Waals surface area (Å²) in [7, 11) is 1.80. The van der Waals surface area contributed by atoms with Gasteiger partial charge in [0.1, 0.15) is 0 Å². The maximum atomic E-state index is 12.9. The van der Waals surface area contributed by atoms with E-state index in [1.807, 2.05) is 42.8 Å². The van der Waals surface area contributed by atoms with Gasteiger partial charge in [0, 0.05) is 30.4 Å². The van der Waals surface area contributed by atoms with Gasteiger partial charge in [0.2, 0.25) is 0 Å². The summed E-state index contributed by atoms with van der Waals surface area (Å²) in [6.45, 7) is 8.19. The van der Waals surface area contributed by atoms with Crippen LogP contribution in [0.2, 0.25) is 0 Å². The number of aromatic nitrogens is 3. The molecule has 0 aliphatic carbocycles. The second kappa shape index (κ2) is 6.07. The Kier molecular flexibility index (Phi) is 4.09. The third kappa shape index (κ3) is 2.66. The number of hydrogen-bond acceptors (Lipinski definition) is 3. The van der Waals surface area contributed by atoms with Gasteiger partial charge in [-0.25, -0.2) is 9.67 Å². The zero-order valence-corrected chi connectivity index (χ0v) is 14.7. The molecule has 0 spiro atoms. The lowest BCUT2D eigenvalue weighted by Crippen LogP contribution is -2.27. The van der Waals surface area contributed by atoms with Gasteiger partial charge in [0.05, 0.1) is 11.8 Å². The minimum Gasteiger partial charge on any atom is -0.311 e. The van der Waals surface area contributed by atoms with Gasteiger partial charge in [-0.15, -0.1) is 0 Å². The van der Waals surface area contributed by atoms with E-state index in [0.717, 1.165) is 22.3 Å². The molecule has 0 aliphatic heterocycles. The first kappa shape index (κ1) is 16.2. The number of amides is 1. The van der Waals surface area contributed by atoms with Crippen molar-refractivity contribution in [1.29, 1.82) is 0 Å². The molecule has 0 bridgehead atoms. The van der Waals surface area contributed by atoms with E-state index in [9.17, 15) is 4.79 Å². The van der Waals surface area contributed by atoms with Crippen LogP contribution in [0.4, 0.5) is 5.69 Å². The molecule has 5 nitrogen and oxygen atoms in total. The van der Waals surface area contributed by atoms with Gasteiger partial charge in [-0.2, -0.15) is 5.10 Å². The maximum Gasteiger partial charge on any atom is 0.259 e. The van der Waals surface area contributed by atoms with E-state index >= 15 is 0 Å². The summed E-state index contributed by atoms with van der Waals surface area (Å²) in [6.07, 6.45) is 3.39. The smallest absolute Gasteiger partial charge is 0.259 e. The fourth-order valence-electron chi connectivity index (χ4n) is 2.84. The number of rotatable bonds is 3. The summed E-state index contributed by atoms with van der Waals surface area (Å²) in [5.41, 5.74) is 4.55. The van der Waals surface area contributed by atoms with Crippen LogP contribution in [-0.2, 0) is 0 Å². The fourth-order valence-corrected chi connectivity index (χ4v) is 2.84. The Morgan fingerprint density at radius 1 is 1.21 bits per heavy atom. The molecule has 1 aromatic carbocycles. The van der Waals surface area contributed by atoms with Crippen molar-refractivity contribution in [2.45, 2.75) is 33.7 Å². The Labute approximate surface area is 141 Å². The topological polar surface area (TPSA) is 51.0 Å². The summed E-state index contributed by atoms with van der Waals surface area (Å²) in [5, 5.41) is 5.23. The SMILES string of the molecule is Cc1cccc(N(C)C(=O)c2cnc3c(cnn3C(C)C)c2)c1C. The second-order valence-corrected chi connectivity index (χ2v) is 6.40. The molecule has 0 fully saturated rings. The summed E-state index contributed by atoms with van der Waals surface area (Å²) >= 11 is 0. The van der Waals surface area contributed by atoms with Gasteiger partial charge in [-0.05, 0) is 51.0 Å². The van der Waals surface area contributed by atoms with Crippen LogP contribution < -0.4 is 4.90 Å². The lowest BCUT2D eigenvalue weighted by molar-refractivity contribution is 0.0992. The monoisotopic (exact) mass is 322 g/mol. The first-order valence-electron chi connectivity index (χ1n) is 8.07. The molecule has 3 aromatic rings. The number of carbonyl (C=O) groups excluding carboxylic acids is 1. The quantitative estimate of drug-likeness (QED) is 0.734. The molecule has 5 heteroatoms. The van der Waals surface area contributed by atoms with E-state index in [1.54, 1.807) is 24.3 Å². The first-order chi connectivity index (χ1) is 11.4. The predicted molar refractivity (Wildman–Crippen MR) is 96.6 cm³/mol. The molecule has 124 valence electrons. The van der Waals surface area contributed by atoms with Gasteiger partial charge in [-0.3, -0.25) is 4.79 Å². The van der Waals surface area contributed by atoms with E-state index in [1.165, 1.54) is 5.56 Å². The standard InChI is InChI=1S/C19H22N4O/c1-12(2)23-18-15(11-21-23)9-16(10-20-18)19(24)22(5)17-8-6-7-13(3)14(17)4/h6-12H,1-5H3. The van der Waals surface area contributed by atoms with Crippen molar-refractivity contribution in [3.8, 4) is 0 Å². The molecule has 2 aromatic heterocycles. The number of hydrogen-bond donors (Lipinski definition) is 0. The Bertz CT molecular complexity index is 911. The molecule has 0 unspecified atom stereocenters. The lowest BCUT2D eigenvalue weighted by atomic mass is 10.1. The van der Waals surface area contributed by atoms with E-state index in [4.69, 9.17) is 0 Å². The molecular weight excluding hydrogens is 300 g/mol. The molecule has 0 saturated heterocycles. The molecule has 0 atom stereocenters. The predicted octanol–water partition coefficient (Wildman–Crippen LogP) is 3.91. The second-order valence-electron chi connectivity index (χ2n) is 6.40. The number of carbonyl (C=O) groups is 1. The molecule has 2 heterocycles. The average Bonchev–Trinajstić information content (AvgIpc) is 2.99. The highest BCUT2D eigenvalue weighted by Crippen LogP contribution is 2.24. The summed E-state index contributed by atoms with van der Waals surface area (Å²) in [4.78, 5) is 19.0. The normalized spacial score (nSPS) is 11.2. The van der Waals surface area contributed by atoms with Crippen molar-refractivity contribution in [2.75, 3.05) is 11.9 Å². The minimum atomic E-state index is -0.0737. The van der Waals surface area contributed by atoms with Crippen LogP contribution in [0.5, 0.6) is 0 Å². The molecule has 0 aliphatic rings. The van der Waals surface area contributed by atoms with Gasteiger partial charge in [-0.1, -0.05) is 12.1 Å². The molecule has 1 amide bonds. The zero-order chi connectivity index (χ0) is 17.4. The number of fused-ring (bicyclic) bond motifs is 1. The third-order valence-electron chi connectivity index (χ3n) is 4.41. The number of nitrogens with zero attached hydrogens (tertiary/aromatic N) is 4. The van der Waals surface area contributed by atoms with Gasteiger partial charge in [0.25, 0.3) is 5.91 Å². The molecule has 24 heavy (non-hydrogen) atoms. The van der Waals surface area contributed by atoms with Crippen LogP contribution >= 0.6 is 0 Å². The van der Waals surface area contributed by atoms with E-state index < -0.39 is 0 Å². The van der Waals surface area contributed by atoms with E-state index in [-0.39, 0.29) is 11.9 Å². The van der Waals surface area contributed by atoms with Gasteiger partial charge >= 0.3 is 0 Å². The van der Waals surface area contributed by atoms with Crippen molar-refractivity contribution in [1.82, 2.24) is 14.8 Å². The Hall–Kier alpha value is -2.69. The summed E-state index contributed by atoms with van der Waals surface area (Å²) < 4.78 is 1.86. The van der Waals surface area contributed by atoms with Crippen LogP contribution in [0.25, 0.3) is 11.0 Å². The molecule has 3 rings (SSSR count). The van der Waals surface area contributed by atoms with Gasteiger partial charge < -0.3 is 4.90 Å². The van der Waals surface area contributed by atoms with E-state index in [2.05, 4.69) is 23.9 Å². The maximum absolute atomic E-state index is 12.9. The van der Waals surface area contributed by atoms with Gasteiger partial charge in [0.15, 0.2) is 5.65 Å². The highest BCUT2D eigenvalue weighted by Gasteiger charge is 2.18. The largest absolute Gasteiger partial charge is 0.311 e. The summed E-state index contributed by atoms with van der Waals surface area (Å²) in [6, 6.07) is 8.07. The van der Waals surface area contributed by atoms with Crippen molar-refractivity contribution in [3.63, 3.8) is 0 Å². The third-order valence-corrected chi connectivity index (χ3v) is 4.41. The highest BCUT2D eigenvalue weighted by atomic mass is 16.2. The highest BCUT2D eigenvalue weighted by molar-refractivity contribution is 6.07. The number of aryl methyl sites for hydroxylation is 1. The van der Waals surface area contributed by atoms with Crippen LogP contribution in [0, 0.1) is 13.8 Å². The van der Waals surface area contributed by atoms with Crippen LogP contribution in [0.15, 0.2) is 36.7 Å². The van der Waals surface area contributed by atoms with Crippen LogP contribution in [-0.4, -0.2) is 27.7 Å². The Morgan fingerprint density at radius 3 is 2.67 bits per heavy atom. The van der Waals surface area contributed by atoms with Crippen molar-refractivity contribution < 1.29 is 4.79 Å². The van der Waals surface area contributed by atoms with Crippen molar-refractivity contribution in [3.05, 3.63) is 53.3 Å². The van der Waals surface area contributed by atoms with Crippen LogP contribution in [0.1, 0.15) is 41.4 Å². The minimum absolute atomic E-state index is 0.0737. The fraction of sp³-hybridized carbons (Fsp3) is 0.316. The number of anilines is 1. The molecule has 0 N–H and O–H groups in total. The van der Waals surface area contributed by atoms with E-state index in [0.29, 0.717) is 5.56 Å². The molecule has 0 saturated carbocycles.